The summed E-state index contributed by atoms with van der Waals surface area (Å²) in [5.41, 5.74) is 0.816. The molecule has 0 saturated carbocycles. The molecule has 0 bridgehead atoms. The highest BCUT2D eigenvalue weighted by atomic mass is 16.3. The molecule has 13 heavy (non-hydrogen) atoms. The minimum Gasteiger partial charge on any atom is -0.370 e. The average Bonchev–Trinajstić information content (AvgIpc) is 2.34. The zero-order valence-electron chi connectivity index (χ0n) is 7.86. The lowest BCUT2D eigenvalue weighted by Crippen LogP contribution is -2.29. The molecule has 1 unspecified atom stereocenters. The first-order valence-electron chi connectivity index (χ1n) is 4.42. The van der Waals surface area contributed by atoms with Crippen molar-refractivity contribution < 1.29 is 9.90 Å². The van der Waals surface area contributed by atoms with Crippen LogP contribution in [0.3, 0.4) is 0 Å². The summed E-state index contributed by atoms with van der Waals surface area (Å²) in [4.78, 5) is 12.4. The number of aliphatic hydroxyl groups excluding tert-OH is 1. The molecule has 0 radical (unpaired) electrons. The van der Waals surface area contributed by atoms with Gasteiger partial charge in [-0.2, -0.15) is 0 Å². The molecule has 0 aliphatic carbocycles. The number of aliphatic hydroxyl groups is 1. The number of hydrogen-bond acceptors (Lipinski definition) is 3. The number of hydrogen-bond donors (Lipinski definition) is 1. The first kappa shape index (κ1) is 9.99. The maximum atomic E-state index is 10.7. The summed E-state index contributed by atoms with van der Waals surface area (Å²) in [6.07, 6.45) is 4.26. The molecule has 3 heteroatoms. The molecular weight excluding hydrogens is 166 g/mol. The van der Waals surface area contributed by atoms with Crippen molar-refractivity contribution in [3.05, 3.63) is 24.4 Å². The van der Waals surface area contributed by atoms with E-state index in [-0.39, 0.29) is 5.78 Å². The normalized spacial score (nSPS) is 21.2. The maximum absolute atomic E-state index is 10.7. The summed E-state index contributed by atoms with van der Waals surface area (Å²) >= 11 is 0. The van der Waals surface area contributed by atoms with E-state index in [1.54, 1.807) is 24.0 Å². The summed E-state index contributed by atoms with van der Waals surface area (Å²) in [6, 6.07) is 0. The summed E-state index contributed by atoms with van der Waals surface area (Å²) in [5, 5.41) is 9.42. The molecule has 1 atom stereocenters. The monoisotopic (exact) mass is 181 g/mol. The molecule has 72 valence electrons. The second-order valence-electron chi connectivity index (χ2n) is 3.26. The fraction of sp³-hybridized carbons (Fsp3) is 0.500. The Kier molecular flexibility index (Phi) is 3.25. The van der Waals surface area contributed by atoms with Crippen molar-refractivity contribution >= 4 is 5.78 Å². The van der Waals surface area contributed by atoms with E-state index in [2.05, 4.69) is 6.58 Å². The number of ketones is 1. The lowest BCUT2D eigenvalue weighted by atomic mass is 10.2. The van der Waals surface area contributed by atoms with Crippen molar-refractivity contribution in [1.82, 2.24) is 4.90 Å². The van der Waals surface area contributed by atoms with Crippen LogP contribution < -0.4 is 0 Å². The van der Waals surface area contributed by atoms with E-state index in [0.29, 0.717) is 13.0 Å². The SMILES string of the molecule is C=C1C=CC(O)N1CCCC(C)=O. The Morgan fingerprint density at radius 3 is 2.92 bits per heavy atom. The molecule has 3 nitrogen and oxygen atoms in total. The first-order chi connectivity index (χ1) is 6.11. The van der Waals surface area contributed by atoms with Gasteiger partial charge in [0.05, 0.1) is 0 Å². The van der Waals surface area contributed by atoms with Crippen LogP contribution in [-0.4, -0.2) is 28.6 Å². The van der Waals surface area contributed by atoms with E-state index in [9.17, 15) is 9.90 Å². The molecule has 0 aromatic heterocycles. The molecule has 1 aliphatic heterocycles. The molecule has 0 aromatic carbocycles. The highest BCUT2D eigenvalue weighted by molar-refractivity contribution is 5.75. The van der Waals surface area contributed by atoms with Crippen LogP contribution in [0.1, 0.15) is 19.8 Å². The summed E-state index contributed by atoms with van der Waals surface area (Å²) in [6.45, 7) is 6.04. The minimum atomic E-state index is -0.556. The van der Waals surface area contributed by atoms with Crippen LogP contribution in [0.2, 0.25) is 0 Å². The van der Waals surface area contributed by atoms with Crippen LogP contribution in [0, 0.1) is 0 Å². The molecule has 1 aliphatic rings. The molecule has 0 amide bonds. The highest BCUT2D eigenvalue weighted by Gasteiger charge is 2.17. The fourth-order valence-electron chi connectivity index (χ4n) is 1.34. The molecule has 0 saturated heterocycles. The Morgan fingerprint density at radius 2 is 2.46 bits per heavy atom. The van der Waals surface area contributed by atoms with Gasteiger partial charge in [-0.1, -0.05) is 6.58 Å². The summed E-state index contributed by atoms with van der Waals surface area (Å²) < 4.78 is 0. The average molecular weight is 181 g/mol. The third kappa shape index (κ3) is 2.70. The molecular formula is C10H15NO2. The summed E-state index contributed by atoms with van der Waals surface area (Å²) in [7, 11) is 0. The van der Waals surface area contributed by atoms with Gasteiger partial charge in [0, 0.05) is 18.7 Å². The van der Waals surface area contributed by atoms with Gasteiger partial charge < -0.3 is 14.8 Å². The quantitative estimate of drug-likeness (QED) is 0.705. The van der Waals surface area contributed by atoms with Crippen LogP contribution in [0.25, 0.3) is 0 Å². The van der Waals surface area contributed by atoms with Gasteiger partial charge in [-0.3, -0.25) is 0 Å². The fourth-order valence-corrected chi connectivity index (χ4v) is 1.34. The Morgan fingerprint density at radius 1 is 1.77 bits per heavy atom. The van der Waals surface area contributed by atoms with Gasteiger partial charge in [0.2, 0.25) is 0 Å². The lowest BCUT2D eigenvalue weighted by molar-refractivity contribution is -0.117. The number of Topliss-reactive ketones (excluding diaryl/α,β-unsaturated/α-hetero) is 1. The van der Waals surface area contributed by atoms with E-state index in [1.807, 2.05) is 0 Å². The minimum absolute atomic E-state index is 0.187. The van der Waals surface area contributed by atoms with Gasteiger partial charge in [0.15, 0.2) is 0 Å². The molecule has 1 heterocycles. The highest BCUT2D eigenvalue weighted by Crippen LogP contribution is 2.17. The van der Waals surface area contributed by atoms with E-state index >= 15 is 0 Å². The zero-order chi connectivity index (χ0) is 9.84. The van der Waals surface area contributed by atoms with E-state index in [4.69, 9.17) is 0 Å². The number of rotatable bonds is 4. The number of nitrogens with zero attached hydrogens (tertiary/aromatic N) is 1. The largest absolute Gasteiger partial charge is 0.370 e. The van der Waals surface area contributed by atoms with Gasteiger partial charge >= 0.3 is 0 Å². The molecule has 0 aromatic rings. The van der Waals surface area contributed by atoms with E-state index < -0.39 is 6.23 Å². The zero-order valence-corrected chi connectivity index (χ0v) is 7.86. The number of carbonyl (C=O) groups excluding carboxylic acids is 1. The predicted molar refractivity (Wildman–Crippen MR) is 50.9 cm³/mol. The lowest BCUT2D eigenvalue weighted by Gasteiger charge is -2.23. The van der Waals surface area contributed by atoms with E-state index in [0.717, 1.165) is 12.1 Å². The van der Waals surface area contributed by atoms with E-state index in [1.165, 1.54) is 0 Å². The van der Waals surface area contributed by atoms with Crippen molar-refractivity contribution in [2.45, 2.75) is 26.0 Å². The van der Waals surface area contributed by atoms with Crippen LogP contribution in [0.5, 0.6) is 0 Å². The predicted octanol–water partition coefficient (Wildman–Crippen LogP) is 1.06. The standard InChI is InChI=1S/C10H15NO2/c1-8-5-6-10(13)11(8)7-3-4-9(2)12/h5-6,10,13H,1,3-4,7H2,2H3. The van der Waals surface area contributed by atoms with Gasteiger partial charge in [-0.15, -0.1) is 0 Å². The Labute approximate surface area is 78.4 Å². The van der Waals surface area contributed by atoms with Crippen LogP contribution >= 0.6 is 0 Å². The van der Waals surface area contributed by atoms with Crippen LogP contribution in [0.15, 0.2) is 24.4 Å². The first-order valence-corrected chi connectivity index (χ1v) is 4.42. The number of allylic oxidation sites excluding steroid dienone is 1. The van der Waals surface area contributed by atoms with Gasteiger partial charge in [0.25, 0.3) is 0 Å². The second-order valence-corrected chi connectivity index (χ2v) is 3.26. The van der Waals surface area contributed by atoms with Crippen molar-refractivity contribution in [3.63, 3.8) is 0 Å². The third-order valence-corrected chi connectivity index (χ3v) is 2.08. The number of carbonyl (C=O) groups is 1. The van der Waals surface area contributed by atoms with Crippen LogP contribution in [-0.2, 0) is 4.79 Å². The maximum Gasteiger partial charge on any atom is 0.146 e. The summed E-state index contributed by atoms with van der Waals surface area (Å²) in [5.74, 6) is 0.187. The Balaban J connectivity index is 2.29. The van der Waals surface area contributed by atoms with Crippen molar-refractivity contribution in [1.29, 1.82) is 0 Å². The van der Waals surface area contributed by atoms with Crippen molar-refractivity contribution in [2.75, 3.05) is 6.54 Å². The van der Waals surface area contributed by atoms with Crippen molar-refractivity contribution in [3.8, 4) is 0 Å². The molecule has 1 N–H and O–H groups in total. The topological polar surface area (TPSA) is 40.5 Å². The Hall–Kier alpha value is -1.09. The van der Waals surface area contributed by atoms with Crippen molar-refractivity contribution in [2.24, 2.45) is 0 Å². The second kappa shape index (κ2) is 4.23. The van der Waals surface area contributed by atoms with Crippen LogP contribution in [0.4, 0.5) is 0 Å². The Bertz CT molecular complexity index is 245. The van der Waals surface area contributed by atoms with Gasteiger partial charge in [-0.25, -0.2) is 0 Å². The molecule has 0 spiro atoms. The molecule has 0 fully saturated rings. The molecule has 1 rings (SSSR count). The van der Waals surface area contributed by atoms with Gasteiger partial charge in [-0.05, 0) is 25.5 Å². The van der Waals surface area contributed by atoms with Gasteiger partial charge in [0.1, 0.15) is 12.0 Å². The smallest absolute Gasteiger partial charge is 0.146 e. The third-order valence-electron chi connectivity index (χ3n) is 2.08.